The fraction of sp³-hybridized carbons (Fsp3) is 0.538. The molecule has 0 aromatic carbocycles. The third kappa shape index (κ3) is 41.2. The van der Waals surface area contributed by atoms with Gasteiger partial charge in [-0.05, 0) is 128 Å². The van der Waals surface area contributed by atoms with Gasteiger partial charge >= 0.3 is 23.9 Å². The van der Waals surface area contributed by atoms with Gasteiger partial charge in [0.25, 0.3) is 0 Å². The van der Waals surface area contributed by atoms with Crippen LogP contribution in [0.3, 0.4) is 0 Å². The summed E-state index contributed by atoms with van der Waals surface area (Å²) < 4.78 is 28.2. The molecule has 0 aliphatic carbocycles. The van der Waals surface area contributed by atoms with Crippen molar-refractivity contribution in [3.63, 3.8) is 0 Å². The van der Waals surface area contributed by atoms with Crippen LogP contribution in [0.1, 0.15) is 175 Å². The summed E-state index contributed by atoms with van der Waals surface area (Å²) in [5.41, 5.74) is 0. The van der Waals surface area contributed by atoms with Crippen LogP contribution < -0.4 is 0 Å². The Morgan fingerprint density at radius 3 is 1.23 bits per heavy atom. The molecule has 3 N–H and O–H groups in total. The molecule has 0 aromatic rings. The van der Waals surface area contributed by atoms with Crippen molar-refractivity contribution in [1.29, 1.82) is 0 Å². The molecule has 0 spiro atoms. The lowest BCUT2D eigenvalue weighted by Crippen LogP contribution is -2.61. The molecule has 6 atom stereocenters. The van der Waals surface area contributed by atoms with Gasteiger partial charge in [0.15, 0.2) is 24.6 Å². The van der Waals surface area contributed by atoms with Gasteiger partial charge in [-0.25, -0.2) is 4.79 Å². The van der Waals surface area contributed by atoms with E-state index in [4.69, 9.17) is 23.7 Å². The van der Waals surface area contributed by atoms with E-state index in [1.807, 2.05) is 18.2 Å². The second kappa shape index (κ2) is 51.1. The number of carboxylic acids is 1. The quantitative estimate of drug-likeness (QED) is 0.0228. The highest BCUT2D eigenvalue weighted by Gasteiger charge is 2.50. The number of aliphatic carboxylic acids is 1. The minimum absolute atomic E-state index is 0.0789. The Bertz CT molecular complexity index is 1940. The van der Waals surface area contributed by atoms with E-state index in [2.05, 4.69) is 161 Å². The van der Waals surface area contributed by atoms with Crippen molar-refractivity contribution < 1.29 is 58.2 Å². The molecule has 1 fully saturated rings. The highest BCUT2D eigenvalue weighted by atomic mass is 16.7. The Hall–Kier alpha value is -5.66. The Labute approximate surface area is 463 Å². The molecule has 0 radical (unpaired) electrons. The molecule has 1 heterocycles. The first-order valence-electron chi connectivity index (χ1n) is 28.5. The van der Waals surface area contributed by atoms with Crippen LogP contribution in [0.15, 0.2) is 158 Å². The lowest BCUT2D eigenvalue weighted by Gasteiger charge is -2.40. The summed E-state index contributed by atoms with van der Waals surface area (Å²) in [7, 11) is 0. The Morgan fingerprint density at radius 2 is 0.805 bits per heavy atom. The number of allylic oxidation sites excluding steroid dienone is 26. The predicted molar refractivity (Wildman–Crippen MR) is 312 cm³/mol. The summed E-state index contributed by atoms with van der Waals surface area (Å²) in [5.74, 6) is -3.36. The number of esters is 3. The van der Waals surface area contributed by atoms with E-state index in [0.29, 0.717) is 25.7 Å². The van der Waals surface area contributed by atoms with Gasteiger partial charge in [-0.1, -0.05) is 185 Å². The summed E-state index contributed by atoms with van der Waals surface area (Å²) >= 11 is 0. The Kier molecular flexibility index (Phi) is 46.0. The van der Waals surface area contributed by atoms with Crippen LogP contribution in [0.5, 0.6) is 0 Å². The standard InChI is InChI=1S/C65H96O12/c1-4-7-10-13-16-19-22-25-27-28-29-30-32-34-36-39-42-45-48-51-57(66)73-54-56(75-58(67)52-49-46-43-40-38-35-31-26-23-20-17-14-11-8-5-2)55-74-65-63(61(70)60(69)62(77-65)64(71)72)76-59(68)53-50-47-44-41-37-33-24-21-18-15-12-9-6-3/h7-12,16-21,25-27,29-31,33-34,36-38,40,44,47,56,60-63,65,69-70H,4-6,13-15,22-24,28,32,35,39,41-43,45-46,48-55H2,1-3H3,(H,71,72)/b10-7-,11-8-,12-9-,19-16-,20-17-,21-18-,27-25-,30-29-,31-26-,36-34-,37-33-,40-38-,47-44-. The van der Waals surface area contributed by atoms with Gasteiger partial charge in [0.1, 0.15) is 18.8 Å². The normalized spacial score (nSPS) is 19.2. The first-order chi connectivity index (χ1) is 37.6. The number of aliphatic hydroxyl groups excluding tert-OH is 2. The molecule has 0 bridgehead atoms. The zero-order valence-electron chi connectivity index (χ0n) is 46.9. The molecule has 6 unspecified atom stereocenters. The minimum atomic E-state index is -1.95. The second-order valence-corrected chi connectivity index (χ2v) is 18.4. The minimum Gasteiger partial charge on any atom is -0.479 e. The van der Waals surface area contributed by atoms with Crippen molar-refractivity contribution in [2.75, 3.05) is 13.2 Å². The van der Waals surface area contributed by atoms with Crippen LogP contribution in [0, 0.1) is 0 Å². The van der Waals surface area contributed by atoms with Gasteiger partial charge in [-0.3, -0.25) is 14.4 Å². The molecule has 12 nitrogen and oxygen atoms in total. The van der Waals surface area contributed by atoms with Crippen molar-refractivity contribution >= 4 is 23.9 Å². The maximum absolute atomic E-state index is 13.1. The highest BCUT2D eigenvalue weighted by Crippen LogP contribution is 2.26. The number of carbonyl (C=O) groups is 4. The third-order valence-electron chi connectivity index (χ3n) is 11.6. The number of carboxylic acid groups (broad SMARTS) is 1. The van der Waals surface area contributed by atoms with Crippen molar-refractivity contribution in [3.8, 4) is 0 Å². The van der Waals surface area contributed by atoms with Crippen LogP contribution in [0.2, 0.25) is 0 Å². The van der Waals surface area contributed by atoms with Crippen LogP contribution in [-0.2, 0) is 42.9 Å². The molecule has 0 aromatic heterocycles. The van der Waals surface area contributed by atoms with E-state index in [0.717, 1.165) is 109 Å². The second-order valence-electron chi connectivity index (χ2n) is 18.4. The average Bonchev–Trinajstić information content (AvgIpc) is 3.42. The number of hydrogen-bond acceptors (Lipinski definition) is 11. The van der Waals surface area contributed by atoms with Gasteiger partial charge in [-0.15, -0.1) is 0 Å². The van der Waals surface area contributed by atoms with Crippen LogP contribution in [-0.4, -0.2) is 89.2 Å². The van der Waals surface area contributed by atoms with Crippen molar-refractivity contribution in [1.82, 2.24) is 0 Å². The SMILES string of the molecule is CC/C=C\C/C=C\C/C=C\C/C=C\C/C=C\CCCCCC(=O)OCC(COC1OC(C(=O)O)C(O)C(O)C1OC(=O)CC/C=C\C/C=C\C/C=C\C/C=C\CC)OC(=O)CCCC/C=C\C/C=C\C/C=C\C/C=C\CC. The molecule has 1 aliphatic rings. The maximum atomic E-state index is 13.1. The van der Waals surface area contributed by atoms with E-state index in [1.165, 1.54) is 0 Å². The molecule has 428 valence electrons. The Morgan fingerprint density at radius 1 is 0.429 bits per heavy atom. The lowest BCUT2D eigenvalue weighted by molar-refractivity contribution is -0.301. The monoisotopic (exact) mass is 1070 g/mol. The molecule has 0 saturated carbocycles. The van der Waals surface area contributed by atoms with Crippen molar-refractivity contribution in [3.05, 3.63) is 158 Å². The molecule has 12 heteroatoms. The van der Waals surface area contributed by atoms with Crippen LogP contribution in [0.25, 0.3) is 0 Å². The molecule has 1 saturated heterocycles. The van der Waals surface area contributed by atoms with Gasteiger partial charge in [0, 0.05) is 19.3 Å². The highest BCUT2D eigenvalue weighted by molar-refractivity contribution is 5.74. The van der Waals surface area contributed by atoms with Gasteiger partial charge in [0.2, 0.25) is 0 Å². The zero-order chi connectivity index (χ0) is 56.1. The number of aliphatic hydroxyl groups is 2. The Balaban J connectivity index is 2.80. The molecule has 77 heavy (non-hydrogen) atoms. The molecular formula is C65H96O12. The summed E-state index contributed by atoms with van der Waals surface area (Å²) in [5, 5.41) is 31.4. The predicted octanol–water partition coefficient (Wildman–Crippen LogP) is 14.6. The fourth-order valence-corrected chi connectivity index (χ4v) is 7.34. The fourth-order valence-electron chi connectivity index (χ4n) is 7.34. The van der Waals surface area contributed by atoms with E-state index in [1.54, 1.807) is 0 Å². The average molecular weight is 1070 g/mol. The summed E-state index contributed by atoms with van der Waals surface area (Å²) in [6.45, 7) is 5.51. The molecule has 0 amide bonds. The third-order valence-corrected chi connectivity index (χ3v) is 11.6. The number of unbranched alkanes of at least 4 members (excludes halogenated alkanes) is 5. The number of hydrogen-bond donors (Lipinski definition) is 3. The van der Waals surface area contributed by atoms with Gasteiger partial charge < -0.3 is 39.0 Å². The molecule has 1 aliphatic heterocycles. The lowest BCUT2D eigenvalue weighted by atomic mass is 9.98. The smallest absolute Gasteiger partial charge is 0.335 e. The largest absolute Gasteiger partial charge is 0.479 e. The maximum Gasteiger partial charge on any atom is 0.335 e. The summed E-state index contributed by atoms with van der Waals surface area (Å²) in [6, 6.07) is 0. The van der Waals surface area contributed by atoms with E-state index in [9.17, 15) is 34.5 Å². The summed E-state index contributed by atoms with van der Waals surface area (Å²) in [4.78, 5) is 51.0. The number of carbonyl (C=O) groups excluding carboxylic acids is 3. The van der Waals surface area contributed by atoms with Crippen LogP contribution in [0.4, 0.5) is 0 Å². The van der Waals surface area contributed by atoms with Crippen molar-refractivity contribution in [2.24, 2.45) is 0 Å². The van der Waals surface area contributed by atoms with E-state index in [-0.39, 0.29) is 25.9 Å². The first-order valence-corrected chi connectivity index (χ1v) is 28.5. The first kappa shape index (κ1) is 69.4. The number of ether oxygens (including phenoxy) is 5. The van der Waals surface area contributed by atoms with E-state index >= 15 is 0 Å². The zero-order valence-corrected chi connectivity index (χ0v) is 46.9. The molecule has 1 rings (SSSR count). The van der Waals surface area contributed by atoms with E-state index < -0.39 is 67.3 Å². The number of rotatable bonds is 45. The van der Waals surface area contributed by atoms with Gasteiger partial charge in [-0.2, -0.15) is 0 Å². The topological polar surface area (TPSA) is 175 Å². The molecular weight excluding hydrogens is 973 g/mol. The van der Waals surface area contributed by atoms with Gasteiger partial charge in [0.05, 0.1) is 6.61 Å². The van der Waals surface area contributed by atoms with Crippen LogP contribution >= 0.6 is 0 Å². The van der Waals surface area contributed by atoms with Crippen molar-refractivity contribution in [2.45, 2.75) is 212 Å². The summed E-state index contributed by atoms with van der Waals surface area (Å²) in [6.07, 6.45) is 62.4.